The number of aromatic nitrogens is 3. The zero-order valence-electron chi connectivity index (χ0n) is 13.2. The van der Waals surface area contributed by atoms with Gasteiger partial charge in [0.15, 0.2) is 5.82 Å². The monoisotopic (exact) mass is 348 g/mol. The highest BCUT2D eigenvalue weighted by Gasteiger charge is 2.40. The van der Waals surface area contributed by atoms with Gasteiger partial charge in [-0.15, -0.1) is 0 Å². The van der Waals surface area contributed by atoms with Gasteiger partial charge in [0, 0.05) is 18.7 Å². The molecule has 1 saturated heterocycles. The molecule has 2 atom stereocenters. The molecule has 0 aromatic carbocycles. The van der Waals surface area contributed by atoms with Crippen molar-refractivity contribution in [3.63, 3.8) is 0 Å². The van der Waals surface area contributed by atoms with Crippen molar-refractivity contribution in [3.05, 3.63) is 40.8 Å². The van der Waals surface area contributed by atoms with Gasteiger partial charge in [0.1, 0.15) is 11.7 Å². The van der Waals surface area contributed by atoms with Crippen LogP contribution in [0.3, 0.4) is 0 Å². The molecule has 8 heteroatoms. The number of morpholine rings is 1. The molecule has 1 saturated carbocycles. The van der Waals surface area contributed by atoms with Gasteiger partial charge in [-0.2, -0.15) is 4.98 Å². The van der Waals surface area contributed by atoms with Crippen molar-refractivity contribution >= 4 is 17.5 Å². The Labute approximate surface area is 144 Å². The summed E-state index contributed by atoms with van der Waals surface area (Å²) in [6.45, 7) is 2.81. The molecule has 0 unspecified atom stereocenters. The topological polar surface area (TPSA) is 81.4 Å². The van der Waals surface area contributed by atoms with E-state index in [-0.39, 0.29) is 12.0 Å². The van der Waals surface area contributed by atoms with E-state index >= 15 is 0 Å². The Balaban J connectivity index is 1.63. The first kappa shape index (κ1) is 15.5. The highest BCUT2D eigenvalue weighted by atomic mass is 35.5. The second-order valence-corrected chi connectivity index (χ2v) is 6.58. The third-order valence-electron chi connectivity index (χ3n) is 4.35. The lowest BCUT2D eigenvalue weighted by atomic mass is 10.1. The third kappa shape index (κ3) is 2.89. The standard InChI is InChI=1S/C16H17ClN4O3/c1-9-13(15-19-14(20-24-15)10-2-3-10)21(6-7-23-9)16(22)12-5-4-11(17)8-18-12/h4-5,8-10,13H,2-3,6-7H2,1H3/t9-,13+/m1/s1. The molecule has 0 bridgehead atoms. The molecule has 1 aliphatic carbocycles. The van der Waals surface area contributed by atoms with Gasteiger partial charge in [0.25, 0.3) is 11.8 Å². The number of amides is 1. The predicted molar refractivity (Wildman–Crippen MR) is 84.7 cm³/mol. The van der Waals surface area contributed by atoms with Gasteiger partial charge in [0.05, 0.1) is 17.7 Å². The van der Waals surface area contributed by atoms with E-state index in [4.69, 9.17) is 20.9 Å². The molecule has 2 aromatic rings. The van der Waals surface area contributed by atoms with Crippen LogP contribution in [-0.2, 0) is 4.74 Å². The molecular formula is C16H17ClN4O3. The van der Waals surface area contributed by atoms with E-state index in [1.54, 1.807) is 17.0 Å². The fourth-order valence-electron chi connectivity index (χ4n) is 2.91. The maximum absolute atomic E-state index is 12.9. The van der Waals surface area contributed by atoms with Crippen molar-refractivity contribution in [2.45, 2.75) is 37.8 Å². The van der Waals surface area contributed by atoms with Crippen molar-refractivity contribution in [2.75, 3.05) is 13.2 Å². The van der Waals surface area contributed by atoms with Crippen LogP contribution in [0.1, 0.15) is 53.9 Å². The van der Waals surface area contributed by atoms with Crippen LogP contribution in [0, 0.1) is 0 Å². The summed E-state index contributed by atoms with van der Waals surface area (Å²) in [5.41, 5.74) is 0.334. The average Bonchev–Trinajstić information content (AvgIpc) is 3.33. The van der Waals surface area contributed by atoms with E-state index in [1.165, 1.54) is 6.20 Å². The van der Waals surface area contributed by atoms with Gasteiger partial charge in [0.2, 0.25) is 0 Å². The Morgan fingerprint density at radius 3 is 2.92 bits per heavy atom. The number of pyridine rings is 1. The Bertz CT molecular complexity index is 744. The van der Waals surface area contributed by atoms with E-state index in [0.717, 1.165) is 18.7 Å². The van der Waals surface area contributed by atoms with Gasteiger partial charge >= 0.3 is 0 Å². The number of carbonyl (C=O) groups excluding carboxylic acids is 1. The minimum atomic E-state index is -0.413. The molecular weight excluding hydrogens is 332 g/mol. The minimum absolute atomic E-state index is 0.196. The molecule has 4 rings (SSSR count). The van der Waals surface area contributed by atoms with E-state index in [2.05, 4.69) is 15.1 Å². The number of rotatable bonds is 3. The van der Waals surface area contributed by atoms with Gasteiger partial charge in [-0.05, 0) is 31.9 Å². The average molecular weight is 349 g/mol. The number of carbonyl (C=O) groups is 1. The zero-order chi connectivity index (χ0) is 16.7. The van der Waals surface area contributed by atoms with Crippen LogP contribution in [-0.4, -0.2) is 45.2 Å². The van der Waals surface area contributed by atoms with Crippen LogP contribution < -0.4 is 0 Å². The number of hydrogen-bond donors (Lipinski definition) is 0. The molecule has 3 heterocycles. The summed E-state index contributed by atoms with van der Waals surface area (Å²) in [4.78, 5) is 23.2. The van der Waals surface area contributed by atoms with Crippen molar-refractivity contribution in [3.8, 4) is 0 Å². The van der Waals surface area contributed by atoms with Crippen molar-refractivity contribution < 1.29 is 14.1 Å². The second-order valence-electron chi connectivity index (χ2n) is 6.15. The summed E-state index contributed by atoms with van der Waals surface area (Å²) < 4.78 is 11.1. The normalized spacial score (nSPS) is 24.2. The molecule has 24 heavy (non-hydrogen) atoms. The van der Waals surface area contributed by atoms with Crippen LogP contribution in [0.4, 0.5) is 0 Å². The second kappa shape index (κ2) is 6.14. The summed E-state index contributed by atoms with van der Waals surface area (Å²) in [6, 6.07) is 2.85. The molecule has 2 fully saturated rings. The van der Waals surface area contributed by atoms with Gasteiger partial charge < -0.3 is 14.2 Å². The summed E-state index contributed by atoms with van der Waals surface area (Å²) in [5, 5.41) is 4.54. The van der Waals surface area contributed by atoms with E-state index in [0.29, 0.717) is 35.7 Å². The lowest BCUT2D eigenvalue weighted by Gasteiger charge is -2.37. The predicted octanol–water partition coefficient (Wildman–Crippen LogP) is 2.60. The SMILES string of the molecule is C[C@H]1OCCN(C(=O)c2ccc(Cl)cn2)[C@@H]1c1nc(C2CC2)no1. The zero-order valence-corrected chi connectivity index (χ0v) is 13.9. The molecule has 7 nitrogen and oxygen atoms in total. The minimum Gasteiger partial charge on any atom is -0.374 e. The number of ether oxygens (including phenoxy) is 1. The molecule has 1 aliphatic heterocycles. The lowest BCUT2D eigenvalue weighted by Crippen LogP contribution is -2.47. The van der Waals surface area contributed by atoms with Gasteiger partial charge in [-0.3, -0.25) is 4.79 Å². The number of halogens is 1. The van der Waals surface area contributed by atoms with Crippen LogP contribution >= 0.6 is 11.6 Å². The van der Waals surface area contributed by atoms with E-state index in [1.807, 2.05) is 6.92 Å². The first-order valence-corrected chi connectivity index (χ1v) is 8.39. The Morgan fingerprint density at radius 2 is 2.21 bits per heavy atom. The van der Waals surface area contributed by atoms with Crippen molar-refractivity contribution in [2.24, 2.45) is 0 Å². The highest BCUT2D eigenvalue weighted by Crippen LogP contribution is 2.39. The molecule has 0 N–H and O–H groups in total. The van der Waals surface area contributed by atoms with Crippen LogP contribution in [0.15, 0.2) is 22.9 Å². The Kier molecular flexibility index (Phi) is 3.97. The molecule has 0 radical (unpaired) electrons. The molecule has 2 aliphatic rings. The molecule has 126 valence electrons. The quantitative estimate of drug-likeness (QED) is 0.848. The summed E-state index contributed by atoms with van der Waals surface area (Å²) in [5.74, 6) is 1.34. The fourth-order valence-corrected chi connectivity index (χ4v) is 3.02. The summed E-state index contributed by atoms with van der Waals surface area (Å²) >= 11 is 5.85. The fraction of sp³-hybridized carbons (Fsp3) is 0.500. The highest BCUT2D eigenvalue weighted by molar-refractivity contribution is 6.30. The first-order chi connectivity index (χ1) is 11.6. The number of hydrogen-bond acceptors (Lipinski definition) is 6. The Morgan fingerprint density at radius 1 is 1.38 bits per heavy atom. The van der Waals surface area contributed by atoms with E-state index < -0.39 is 6.04 Å². The van der Waals surface area contributed by atoms with E-state index in [9.17, 15) is 4.79 Å². The maximum atomic E-state index is 12.9. The third-order valence-corrected chi connectivity index (χ3v) is 4.58. The van der Waals surface area contributed by atoms with Crippen LogP contribution in [0.2, 0.25) is 5.02 Å². The largest absolute Gasteiger partial charge is 0.374 e. The van der Waals surface area contributed by atoms with Gasteiger partial charge in [-0.25, -0.2) is 4.98 Å². The van der Waals surface area contributed by atoms with Crippen molar-refractivity contribution in [1.82, 2.24) is 20.0 Å². The number of nitrogens with zero attached hydrogens (tertiary/aromatic N) is 4. The first-order valence-electron chi connectivity index (χ1n) is 8.01. The molecule has 1 amide bonds. The molecule has 2 aromatic heterocycles. The lowest BCUT2D eigenvalue weighted by molar-refractivity contribution is -0.0602. The van der Waals surface area contributed by atoms with Gasteiger partial charge in [-0.1, -0.05) is 16.8 Å². The Hall–Kier alpha value is -1.99. The summed E-state index contributed by atoms with van der Waals surface area (Å²) in [7, 11) is 0. The van der Waals surface area contributed by atoms with Crippen LogP contribution in [0.25, 0.3) is 0 Å². The van der Waals surface area contributed by atoms with Crippen LogP contribution in [0.5, 0.6) is 0 Å². The maximum Gasteiger partial charge on any atom is 0.273 e. The van der Waals surface area contributed by atoms with Crippen molar-refractivity contribution in [1.29, 1.82) is 0 Å². The molecule has 0 spiro atoms. The summed E-state index contributed by atoms with van der Waals surface area (Å²) in [6.07, 6.45) is 3.41. The smallest absolute Gasteiger partial charge is 0.273 e.